The molecular weight excluding hydrogens is 356 g/mol. The first-order valence-corrected chi connectivity index (χ1v) is 8.70. The van der Waals surface area contributed by atoms with Gasteiger partial charge in [0.2, 0.25) is 5.13 Å². The summed E-state index contributed by atoms with van der Waals surface area (Å²) < 4.78 is 2.08. The smallest absolute Gasteiger partial charge is 0.208 e. The standard InChI is InChI=1S/C13H17BrN4S2/c1-4-15-8-9-5-6-10(7-11(9)14)19-13-17-16-12(20-13)18(2)3/h5-7,15H,4,8H2,1-3H3. The summed E-state index contributed by atoms with van der Waals surface area (Å²) in [5.41, 5.74) is 1.27. The molecule has 108 valence electrons. The Kier molecular flexibility index (Phi) is 5.83. The first-order valence-electron chi connectivity index (χ1n) is 6.28. The number of nitrogens with one attached hydrogen (secondary N) is 1. The van der Waals surface area contributed by atoms with E-state index >= 15 is 0 Å². The van der Waals surface area contributed by atoms with Crippen LogP contribution in [0.4, 0.5) is 5.13 Å². The summed E-state index contributed by atoms with van der Waals surface area (Å²) in [6.07, 6.45) is 0. The molecule has 0 unspecified atom stereocenters. The molecule has 1 N–H and O–H groups in total. The second-order valence-corrected chi connectivity index (χ2v) is 7.51. The van der Waals surface area contributed by atoms with Gasteiger partial charge in [0.05, 0.1) is 0 Å². The molecule has 4 nitrogen and oxygen atoms in total. The molecule has 0 bridgehead atoms. The number of hydrogen-bond acceptors (Lipinski definition) is 6. The molecule has 7 heteroatoms. The maximum Gasteiger partial charge on any atom is 0.208 e. The minimum Gasteiger partial charge on any atom is -0.353 e. The third-order valence-corrected chi connectivity index (χ3v) is 5.44. The molecule has 2 rings (SSSR count). The zero-order valence-electron chi connectivity index (χ0n) is 11.7. The maximum absolute atomic E-state index is 4.20. The molecule has 1 heterocycles. The minimum absolute atomic E-state index is 0.881. The molecule has 0 aliphatic heterocycles. The van der Waals surface area contributed by atoms with Gasteiger partial charge in [-0.2, -0.15) is 0 Å². The summed E-state index contributed by atoms with van der Waals surface area (Å²) in [5, 5.41) is 12.6. The van der Waals surface area contributed by atoms with Crippen molar-refractivity contribution in [3.05, 3.63) is 28.2 Å². The van der Waals surface area contributed by atoms with Gasteiger partial charge < -0.3 is 10.2 Å². The van der Waals surface area contributed by atoms with Crippen molar-refractivity contribution in [2.45, 2.75) is 22.7 Å². The highest BCUT2D eigenvalue weighted by Crippen LogP contribution is 2.34. The van der Waals surface area contributed by atoms with Crippen LogP contribution in [0.15, 0.2) is 31.9 Å². The topological polar surface area (TPSA) is 41.1 Å². The fourth-order valence-electron chi connectivity index (χ4n) is 1.52. The van der Waals surface area contributed by atoms with Crippen molar-refractivity contribution in [1.82, 2.24) is 15.5 Å². The van der Waals surface area contributed by atoms with E-state index in [4.69, 9.17) is 0 Å². The van der Waals surface area contributed by atoms with Crippen molar-refractivity contribution in [3.8, 4) is 0 Å². The zero-order valence-corrected chi connectivity index (χ0v) is 14.9. The lowest BCUT2D eigenvalue weighted by Gasteiger charge is -2.07. The Morgan fingerprint density at radius 1 is 1.35 bits per heavy atom. The third-order valence-electron chi connectivity index (χ3n) is 2.57. The predicted molar refractivity (Wildman–Crippen MR) is 89.9 cm³/mol. The molecule has 1 aromatic carbocycles. The van der Waals surface area contributed by atoms with Crippen LogP contribution in [0.3, 0.4) is 0 Å². The zero-order chi connectivity index (χ0) is 14.5. The summed E-state index contributed by atoms with van der Waals surface area (Å²) in [7, 11) is 3.95. The third kappa shape index (κ3) is 4.18. The monoisotopic (exact) mass is 372 g/mol. The normalized spacial score (nSPS) is 10.8. The highest BCUT2D eigenvalue weighted by molar-refractivity contribution is 9.10. The van der Waals surface area contributed by atoms with Crippen molar-refractivity contribution in [2.75, 3.05) is 25.5 Å². The van der Waals surface area contributed by atoms with E-state index in [1.165, 1.54) is 10.5 Å². The van der Waals surface area contributed by atoms with E-state index in [1.807, 2.05) is 19.0 Å². The van der Waals surface area contributed by atoms with Crippen molar-refractivity contribution >= 4 is 44.2 Å². The summed E-state index contributed by atoms with van der Waals surface area (Å²) in [4.78, 5) is 3.13. The Balaban J connectivity index is 2.07. The summed E-state index contributed by atoms with van der Waals surface area (Å²) in [6.45, 7) is 3.96. The van der Waals surface area contributed by atoms with Crippen molar-refractivity contribution in [2.24, 2.45) is 0 Å². The van der Waals surface area contributed by atoms with E-state index in [2.05, 4.69) is 56.6 Å². The van der Waals surface area contributed by atoms with Gasteiger partial charge in [-0.05, 0) is 24.2 Å². The van der Waals surface area contributed by atoms with Crippen LogP contribution in [-0.4, -0.2) is 30.8 Å². The van der Waals surface area contributed by atoms with Gasteiger partial charge >= 0.3 is 0 Å². The Bertz CT molecular complexity index is 571. The quantitative estimate of drug-likeness (QED) is 0.838. The Morgan fingerprint density at radius 3 is 2.75 bits per heavy atom. The van der Waals surface area contributed by atoms with Gasteiger partial charge in [-0.25, -0.2) is 0 Å². The average molecular weight is 373 g/mol. The number of hydrogen-bond donors (Lipinski definition) is 1. The summed E-state index contributed by atoms with van der Waals surface area (Å²) in [6, 6.07) is 6.40. The van der Waals surface area contributed by atoms with E-state index in [0.29, 0.717) is 0 Å². The van der Waals surface area contributed by atoms with Gasteiger partial charge in [-0.1, -0.05) is 52.0 Å². The fraction of sp³-hybridized carbons (Fsp3) is 0.385. The van der Waals surface area contributed by atoms with E-state index in [1.54, 1.807) is 23.1 Å². The molecule has 1 aromatic heterocycles. The molecular formula is C13H17BrN4S2. The van der Waals surface area contributed by atoms with Crippen molar-refractivity contribution < 1.29 is 0 Å². The van der Waals surface area contributed by atoms with Crippen LogP contribution >= 0.6 is 39.0 Å². The van der Waals surface area contributed by atoms with E-state index < -0.39 is 0 Å². The van der Waals surface area contributed by atoms with Gasteiger partial charge in [-0.15, -0.1) is 10.2 Å². The highest BCUT2D eigenvalue weighted by atomic mass is 79.9. The van der Waals surface area contributed by atoms with Crippen molar-refractivity contribution in [1.29, 1.82) is 0 Å². The molecule has 0 saturated carbocycles. The SMILES string of the molecule is CCNCc1ccc(Sc2nnc(N(C)C)s2)cc1Br. The first kappa shape index (κ1) is 15.8. The molecule has 0 aliphatic carbocycles. The number of anilines is 1. The van der Waals surface area contributed by atoms with Crippen LogP contribution in [0.2, 0.25) is 0 Å². The molecule has 0 radical (unpaired) electrons. The molecule has 0 amide bonds. The maximum atomic E-state index is 4.20. The number of aromatic nitrogens is 2. The number of rotatable bonds is 6. The Morgan fingerprint density at radius 2 is 2.15 bits per heavy atom. The van der Waals surface area contributed by atoms with Crippen LogP contribution in [0.1, 0.15) is 12.5 Å². The van der Waals surface area contributed by atoms with Crippen LogP contribution in [0.25, 0.3) is 0 Å². The molecule has 2 aromatic rings. The Labute approximate surface area is 136 Å². The van der Waals surface area contributed by atoms with Gasteiger partial charge in [-0.3, -0.25) is 0 Å². The van der Waals surface area contributed by atoms with Crippen LogP contribution in [0.5, 0.6) is 0 Å². The second-order valence-electron chi connectivity index (χ2n) is 4.38. The largest absolute Gasteiger partial charge is 0.353 e. The molecule has 0 aliphatic rings. The number of halogens is 1. The molecule has 0 atom stereocenters. The summed E-state index contributed by atoms with van der Waals surface area (Å²) >= 11 is 6.86. The van der Waals surface area contributed by atoms with Gasteiger partial charge in [0.15, 0.2) is 4.34 Å². The van der Waals surface area contributed by atoms with Crippen LogP contribution in [0, 0.1) is 0 Å². The molecule has 0 spiro atoms. The minimum atomic E-state index is 0.881. The van der Waals surface area contributed by atoms with E-state index in [0.717, 1.165) is 27.0 Å². The molecule has 0 fully saturated rings. The number of benzene rings is 1. The summed E-state index contributed by atoms with van der Waals surface area (Å²) in [5.74, 6) is 0. The second kappa shape index (κ2) is 7.40. The predicted octanol–water partition coefficient (Wildman–Crippen LogP) is 3.63. The van der Waals surface area contributed by atoms with Gasteiger partial charge in [0.25, 0.3) is 0 Å². The van der Waals surface area contributed by atoms with Gasteiger partial charge in [0.1, 0.15) is 0 Å². The fourth-order valence-corrected chi connectivity index (χ4v) is 3.97. The van der Waals surface area contributed by atoms with Crippen LogP contribution in [-0.2, 0) is 6.54 Å². The van der Waals surface area contributed by atoms with E-state index in [9.17, 15) is 0 Å². The first-order chi connectivity index (χ1) is 9.60. The Hall–Kier alpha value is -0.630. The lowest BCUT2D eigenvalue weighted by Crippen LogP contribution is -2.11. The highest BCUT2D eigenvalue weighted by Gasteiger charge is 2.08. The lowest BCUT2D eigenvalue weighted by atomic mass is 10.2. The van der Waals surface area contributed by atoms with Gasteiger partial charge in [0, 0.05) is 30.0 Å². The molecule has 20 heavy (non-hydrogen) atoms. The average Bonchev–Trinajstić information content (AvgIpc) is 2.86. The molecule has 0 saturated heterocycles. The number of nitrogens with zero attached hydrogens (tertiary/aromatic N) is 3. The van der Waals surface area contributed by atoms with E-state index in [-0.39, 0.29) is 0 Å². The lowest BCUT2D eigenvalue weighted by molar-refractivity contribution is 0.724. The van der Waals surface area contributed by atoms with Crippen LogP contribution < -0.4 is 10.2 Å². The van der Waals surface area contributed by atoms with Crippen molar-refractivity contribution in [3.63, 3.8) is 0 Å².